The van der Waals surface area contributed by atoms with Gasteiger partial charge in [-0.05, 0) is 35.5 Å². The Morgan fingerprint density at radius 3 is 2.90 bits per heavy atom. The zero-order valence-electron chi connectivity index (χ0n) is 11.6. The van der Waals surface area contributed by atoms with Crippen molar-refractivity contribution in [3.05, 3.63) is 18.2 Å². The summed E-state index contributed by atoms with van der Waals surface area (Å²) in [4.78, 5) is 0. The van der Waals surface area contributed by atoms with Crippen LogP contribution in [0.15, 0.2) is 18.2 Å². The lowest BCUT2D eigenvalue weighted by atomic mass is 10.1. The van der Waals surface area contributed by atoms with Gasteiger partial charge in [-0.15, -0.1) is 5.10 Å². The third-order valence-corrected chi connectivity index (χ3v) is 3.84. The summed E-state index contributed by atoms with van der Waals surface area (Å²) in [6, 6.07) is 5.22. The first-order valence-corrected chi connectivity index (χ1v) is 7.77. The third kappa shape index (κ3) is 2.96. The van der Waals surface area contributed by atoms with Gasteiger partial charge in [0.2, 0.25) is 0 Å². The Hall–Kier alpha value is -1.96. The third-order valence-electron chi connectivity index (χ3n) is 2.89. The lowest BCUT2D eigenvalue weighted by molar-refractivity contribution is 0.415. The van der Waals surface area contributed by atoms with Gasteiger partial charge in [0.1, 0.15) is 5.75 Å². The largest absolute Gasteiger partial charge is 0.497 e. The number of nitrogens with two attached hydrogens (primary N) is 1. The Morgan fingerprint density at radius 2 is 2.25 bits per heavy atom. The van der Waals surface area contributed by atoms with E-state index in [1.165, 1.54) is 0 Å². The zero-order valence-corrected chi connectivity index (χ0v) is 12.4. The molecule has 20 heavy (non-hydrogen) atoms. The number of anilines is 1. The number of hydrogen-bond acceptors (Lipinski definition) is 6. The van der Waals surface area contributed by atoms with Crippen LogP contribution in [0.25, 0.3) is 11.4 Å². The van der Waals surface area contributed by atoms with Crippen LogP contribution in [-0.4, -0.2) is 43.5 Å². The van der Waals surface area contributed by atoms with E-state index >= 15 is 0 Å². The average Bonchev–Trinajstić information content (AvgIpc) is 2.87. The Balaban J connectivity index is 2.44. The minimum Gasteiger partial charge on any atom is -0.497 e. The first-order chi connectivity index (χ1) is 9.52. The molecule has 1 aromatic heterocycles. The summed E-state index contributed by atoms with van der Waals surface area (Å²) in [5.41, 5.74) is 7.24. The molecule has 0 saturated heterocycles. The van der Waals surface area contributed by atoms with Crippen LogP contribution in [0.2, 0.25) is 0 Å². The molecule has 0 bridgehead atoms. The Kier molecular flexibility index (Phi) is 4.33. The van der Waals surface area contributed by atoms with Crippen LogP contribution in [0, 0.1) is 0 Å². The van der Waals surface area contributed by atoms with Crippen LogP contribution < -0.4 is 10.5 Å². The molecule has 1 aromatic carbocycles. The number of hydrogen-bond donors (Lipinski definition) is 1. The van der Waals surface area contributed by atoms with Crippen molar-refractivity contribution in [1.29, 1.82) is 0 Å². The van der Waals surface area contributed by atoms with Crippen LogP contribution in [0.1, 0.15) is 13.0 Å². The molecule has 0 aliphatic carbocycles. The number of nitrogens with zero attached hydrogens (tertiary/aromatic N) is 4. The van der Waals surface area contributed by atoms with Gasteiger partial charge in [0.15, 0.2) is 5.82 Å². The summed E-state index contributed by atoms with van der Waals surface area (Å²) >= 11 is 0. The molecular formula is C12H17N5O2S. The Bertz CT molecular complexity index is 628. The van der Waals surface area contributed by atoms with Gasteiger partial charge < -0.3 is 10.5 Å². The molecule has 0 aliphatic heterocycles. The molecule has 0 fully saturated rings. The summed E-state index contributed by atoms with van der Waals surface area (Å²) in [6.45, 7) is 1.91. The van der Waals surface area contributed by atoms with E-state index in [1.54, 1.807) is 36.2 Å². The fraction of sp³-hybridized carbons (Fsp3) is 0.417. The number of methoxy groups -OCH3 is 1. The fourth-order valence-electron chi connectivity index (χ4n) is 1.93. The van der Waals surface area contributed by atoms with Crippen molar-refractivity contribution in [2.24, 2.45) is 0 Å². The number of rotatable bonds is 5. The van der Waals surface area contributed by atoms with Crippen LogP contribution in [0.3, 0.4) is 0 Å². The number of benzene rings is 1. The van der Waals surface area contributed by atoms with Crippen LogP contribution in [0.4, 0.5) is 5.69 Å². The highest BCUT2D eigenvalue weighted by Crippen LogP contribution is 2.29. The fourth-order valence-corrected chi connectivity index (χ4v) is 2.75. The normalized spacial score (nSPS) is 13.9. The molecule has 2 rings (SSSR count). The van der Waals surface area contributed by atoms with Crippen molar-refractivity contribution in [3.8, 4) is 17.1 Å². The molecule has 8 heteroatoms. The number of nitrogen functional groups attached to an aromatic ring is 1. The molecule has 0 amide bonds. The quantitative estimate of drug-likeness (QED) is 0.822. The molecule has 7 nitrogen and oxygen atoms in total. The predicted molar refractivity (Wildman–Crippen MR) is 77.9 cm³/mol. The first-order valence-electron chi connectivity index (χ1n) is 6.04. The maximum atomic E-state index is 11.3. The highest BCUT2D eigenvalue weighted by atomic mass is 32.2. The minimum atomic E-state index is -0.929. The van der Waals surface area contributed by atoms with E-state index in [-0.39, 0.29) is 6.04 Å². The van der Waals surface area contributed by atoms with Gasteiger partial charge in [-0.2, -0.15) is 0 Å². The highest BCUT2D eigenvalue weighted by Gasteiger charge is 2.18. The average molecular weight is 295 g/mol. The van der Waals surface area contributed by atoms with Gasteiger partial charge in [0.05, 0.1) is 13.2 Å². The van der Waals surface area contributed by atoms with Crippen molar-refractivity contribution in [3.63, 3.8) is 0 Å². The molecule has 2 N–H and O–H groups in total. The molecule has 2 unspecified atom stereocenters. The lowest BCUT2D eigenvalue weighted by Gasteiger charge is -2.13. The predicted octanol–water partition coefficient (Wildman–Crippen LogP) is 0.870. The second-order valence-corrected chi connectivity index (χ2v) is 5.97. The number of tetrazole rings is 1. The molecular weight excluding hydrogens is 278 g/mol. The van der Waals surface area contributed by atoms with E-state index in [9.17, 15) is 4.21 Å². The highest BCUT2D eigenvalue weighted by molar-refractivity contribution is 7.84. The van der Waals surface area contributed by atoms with E-state index in [1.807, 2.05) is 6.92 Å². The monoisotopic (exact) mass is 295 g/mol. The maximum Gasteiger partial charge on any atom is 0.184 e. The van der Waals surface area contributed by atoms with Crippen LogP contribution in [-0.2, 0) is 10.8 Å². The molecule has 2 atom stereocenters. The summed E-state index contributed by atoms with van der Waals surface area (Å²) in [6.07, 6.45) is 1.65. The molecule has 0 spiro atoms. The minimum absolute atomic E-state index is 0.0866. The van der Waals surface area contributed by atoms with Gasteiger partial charge in [-0.1, -0.05) is 0 Å². The van der Waals surface area contributed by atoms with Crippen molar-refractivity contribution in [1.82, 2.24) is 20.2 Å². The second kappa shape index (κ2) is 6.00. The van der Waals surface area contributed by atoms with Gasteiger partial charge in [0.25, 0.3) is 0 Å². The van der Waals surface area contributed by atoms with Gasteiger partial charge in [0, 0.05) is 34.1 Å². The standard InChI is InChI=1S/C12H17N5O2S/c1-8(7-20(3)18)17-12(14-15-16-17)10-6-9(19-2)4-5-11(10)13/h4-6,8H,7,13H2,1-3H3. The SMILES string of the molecule is COc1ccc(N)c(-c2nnnn2C(C)CS(C)=O)c1. The molecule has 0 aliphatic rings. The van der Waals surface area contributed by atoms with E-state index in [2.05, 4.69) is 15.5 Å². The molecule has 1 heterocycles. The Labute approximate surface area is 119 Å². The summed E-state index contributed by atoms with van der Waals surface area (Å²) in [5.74, 6) is 1.69. The molecule has 0 saturated carbocycles. The van der Waals surface area contributed by atoms with E-state index < -0.39 is 10.8 Å². The van der Waals surface area contributed by atoms with Crippen molar-refractivity contribution in [2.45, 2.75) is 13.0 Å². The topological polar surface area (TPSA) is 95.9 Å². The second-order valence-electron chi connectivity index (χ2n) is 4.49. The zero-order chi connectivity index (χ0) is 14.7. The smallest absolute Gasteiger partial charge is 0.184 e. The molecule has 108 valence electrons. The van der Waals surface area contributed by atoms with Crippen LogP contribution in [0.5, 0.6) is 5.75 Å². The van der Waals surface area contributed by atoms with Crippen molar-refractivity contribution in [2.75, 3.05) is 24.9 Å². The van der Waals surface area contributed by atoms with E-state index in [0.717, 1.165) is 0 Å². The molecule has 2 aromatic rings. The lowest BCUT2D eigenvalue weighted by Crippen LogP contribution is -2.16. The molecule has 0 radical (unpaired) electrons. The maximum absolute atomic E-state index is 11.3. The first kappa shape index (κ1) is 14.4. The Morgan fingerprint density at radius 1 is 1.50 bits per heavy atom. The van der Waals surface area contributed by atoms with E-state index in [4.69, 9.17) is 10.5 Å². The van der Waals surface area contributed by atoms with Gasteiger partial charge in [-0.3, -0.25) is 4.21 Å². The number of ether oxygens (including phenoxy) is 1. The summed E-state index contributed by atoms with van der Waals surface area (Å²) in [7, 11) is 0.656. The summed E-state index contributed by atoms with van der Waals surface area (Å²) in [5, 5.41) is 11.7. The van der Waals surface area contributed by atoms with Crippen LogP contribution >= 0.6 is 0 Å². The van der Waals surface area contributed by atoms with Crippen molar-refractivity contribution >= 4 is 16.5 Å². The van der Waals surface area contributed by atoms with E-state index in [0.29, 0.717) is 28.6 Å². The van der Waals surface area contributed by atoms with Crippen molar-refractivity contribution < 1.29 is 8.95 Å². The van der Waals surface area contributed by atoms with Gasteiger partial charge >= 0.3 is 0 Å². The summed E-state index contributed by atoms with van der Waals surface area (Å²) < 4.78 is 18.2. The number of aromatic nitrogens is 4. The van der Waals surface area contributed by atoms with Gasteiger partial charge in [-0.25, -0.2) is 4.68 Å².